The van der Waals surface area contributed by atoms with Gasteiger partial charge in [0.2, 0.25) is 0 Å². The third-order valence-corrected chi connectivity index (χ3v) is 7.14. The van der Waals surface area contributed by atoms with E-state index in [-0.39, 0.29) is 0 Å². The predicted molar refractivity (Wildman–Crippen MR) is 102 cm³/mol. The normalized spacial score (nSPS) is 17.6. The molecule has 320 valence electrons. The Bertz CT molecular complexity index is 1330. The SMILES string of the molecule is O=P(O)(OCCC(F)(F)C(F)(F)C(F)(F)C(F)(F)C(F)(F)C(F)(F)F)OCCC(F)(F)C(F)(F)C(F)(F)C(F)(F)C(F)(F)C(F)(F)C(F)(F)C(F)(F)F. The third-order valence-electron chi connectivity index (χ3n) is 6.13. The molecule has 0 aromatic rings. The largest absolute Gasteiger partial charge is 0.472 e. The Morgan fingerprint density at radius 2 is 0.491 bits per heavy atom. The monoisotopic (exact) mass is 890 g/mol. The highest BCUT2D eigenvalue weighted by Crippen LogP contribution is 2.65. The molecule has 0 rings (SSSR count). The minimum Gasteiger partial charge on any atom is -0.302 e. The van der Waals surface area contributed by atoms with Gasteiger partial charge in [0.05, 0.1) is 13.2 Å². The zero-order chi connectivity index (χ0) is 43.7. The van der Waals surface area contributed by atoms with Gasteiger partial charge >= 0.3 is 91.2 Å². The fourth-order valence-electron chi connectivity index (χ4n) is 2.93. The van der Waals surface area contributed by atoms with E-state index >= 15 is 0 Å². The van der Waals surface area contributed by atoms with Crippen LogP contribution in [0.4, 0.5) is 132 Å². The van der Waals surface area contributed by atoms with Gasteiger partial charge in [-0.25, -0.2) is 4.57 Å². The Balaban J connectivity index is 6.08. The van der Waals surface area contributed by atoms with Crippen LogP contribution in [0.2, 0.25) is 0 Å². The summed E-state index contributed by atoms with van der Waals surface area (Å²) in [6.07, 6.45) is -23.0. The maximum atomic E-state index is 13.8. The van der Waals surface area contributed by atoms with Crippen molar-refractivity contribution in [3.63, 3.8) is 0 Å². The Morgan fingerprint density at radius 1 is 0.321 bits per heavy atom. The highest BCUT2D eigenvalue weighted by atomic mass is 31.2. The lowest BCUT2D eigenvalue weighted by Crippen LogP contribution is -2.74. The fraction of sp³-hybridized carbons (Fsp3) is 1.00. The van der Waals surface area contributed by atoms with Crippen LogP contribution in [0.5, 0.6) is 0 Å². The van der Waals surface area contributed by atoms with Gasteiger partial charge in [0, 0.05) is 12.8 Å². The van der Waals surface area contributed by atoms with Crippen molar-refractivity contribution >= 4 is 7.82 Å². The molecule has 0 bridgehead atoms. The van der Waals surface area contributed by atoms with Gasteiger partial charge in [-0.3, -0.25) is 9.05 Å². The van der Waals surface area contributed by atoms with Crippen LogP contribution in [0.25, 0.3) is 0 Å². The Hall–Kier alpha value is -1.99. The van der Waals surface area contributed by atoms with Crippen molar-refractivity contribution < 1.29 is 150 Å². The molecule has 0 saturated carbocycles. The predicted octanol–water partition coefficient (Wildman–Crippen LogP) is 10.6. The van der Waals surface area contributed by atoms with E-state index in [9.17, 15) is 136 Å². The summed E-state index contributed by atoms with van der Waals surface area (Å²) in [5.41, 5.74) is 0. The van der Waals surface area contributed by atoms with Crippen LogP contribution >= 0.6 is 7.82 Å². The molecule has 0 amide bonds. The average Bonchev–Trinajstić information content (AvgIpc) is 2.90. The van der Waals surface area contributed by atoms with Crippen molar-refractivity contribution in [1.82, 2.24) is 0 Å². The van der Waals surface area contributed by atoms with E-state index in [1.807, 2.05) is 0 Å². The van der Waals surface area contributed by atoms with Gasteiger partial charge in [0.25, 0.3) is 0 Å². The maximum absolute atomic E-state index is 13.8. The van der Waals surface area contributed by atoms with Crippen molar-refractivity contribution in [3.05, 3.63) is 0 Å². The van der Waals surface area contributed by atoms with Crippen LogP contribution in [0, 0.1) is 0 Å². The molecular formula is C18H9F30O4P. The zero-order valence-electron chi connectivity index (χ0n) is 23.3. The van der Waals surface area contributed by atoms with Crippen molar-refractivity contribution in [2.45, 2.75) is 96.3 Å². The first-order chi connectivity index (χ1) is 22.4. The van der Waals surface area contributed by atoms with Gasteiger partial charge in [-0.15, -0.1) is 0 Å². The molecule has 0 aliphatic carbocycles. The lowest BCUT2D eigenvalue weighted by molar-refractivity contribution is -0.461. The Kier molecular flexibility index (Phi) is 13.1. The van der Waals surface area contributed by atoms with Gasteiger partial charge in [0.1, 0.15) is 0 Å². The summed E-state index contributed by atoms with van der Waals surface area (Å²) in [7, 11) is -6.75. The van der Waals surface area contributed by atoms with Crippen molar-refractivity contribution in [3.8, 4) is 0 Å². The molecule has 0 heterocycles. The Morgan fingerprint density at radius 3 is 0.679 bits per heavy atom. The standard InChI is InChI=1S/C18H9F30O4P/c19-5(20,7(23,24)9(27,28)11(31,32)12(33,34)14(37,38)16(41,42)18(46,47)48)1-3-51-53(49,50)52-4-2-6(21,22)8(25,26)10(29,30)13(35,36)15(39,40)17(43,44)45/h1-4H2,(H,49,50). The van der Waals surface area contributed by atoms with E-state index in [0.29, 0.717) is 0 Å². The molecule has 0 fully saturated rings. The van der Waals surface area contributed by atoms with E-state index in [1.165, 1.54) is 0 Å². The quantitative estimate of drug-likeness (QED) is 0.110. The molecule has 0 saturated heterocycles. The zero-order valence-corrected chi connectivity index (χ0v) is 24.2. The number of phosphoric ester groups is 1. The van der Waals surface area contributed by atoms with E-state index < -0.39 is 117 Å². The number of phosphoric acid groups is 1. The third kappa shape index (κ3) is 7.74. The van der Waals surface area contributed by atoms with Crippen LogP contribution < -0.4 is 0 Å². The van der Waals surface area contributed by atoms with E-state index in [2.05, 4.69) is 9.05 Å². The van der Waals surface area contributed by atoms with Gasteiger partial charge in [-0.2, -0.15) is 132 Å². The molecule has 35 heteroatoms. The molecule has 1 N–H and O–H groups in total. The minimum atomic E-state index is -9.04. The van der Waals surface area contributed by atoms with Gasteiger partial charge in [-0.05, 0) is 0 Å². The molecule has 0 radical (unpaired) electrons. The fourth-order valence-corrected chi connectivity index (χ4v) is 3.65. The van der Waals surface area contributed by atoms with Crippen LogP contribution in [0.3, 0.4) is 0 Å². The van der Waals surface area contributed by atoms with Gasteiger partial charge < -0.3 is 4.89 Å². The number of halogens is 30. The summed E-state index contributed by atoms with van der Waals surface area (Å²) in [5, 5.41) is 0. The molecule has 53 heavy (non-hydrogen) atoms. The summed E-state index contributed by atoms with van der Waals surface area (Å²) in [6, 6.07) is 0. The summed E-state index contributed by atoms with van der Waals surface area (Å²) >= 11 is 0. The second-order valence-electron chi connectivity index (χ2n) is 9.78. The molecular weight excluding hydrogens is 881 g/mol. The van der Waals surface area contributed by atoms with Crippen LogP contribution in [-0.4, -0.2) is 102 Å². The van der Waals surface area contributed by atoms with Crippen molar-refractivity contribution in [2.24, 2.45) is 0 Å². The second kappa shape index (κ2) is 13.6. The van der Waals surface area contributed by atoms with E-state index in [1.54, 1.807) is 0 Å². The van der Waals surface area contributed by atoms with Gasteiger partial charge in [0.15, 0.2) is 0 Å². The highest BCUT2D eigenvalue weighted by Gasteiger charge is 2.95. The van der Waals surface area contributed by atoms with Crippen LogP contribution in [0.1, 0.15) is 12.8 Å². The lowest BCUT2D eigenvalue weighted by atomic mass is 9.88. The number of hydrogen-bond donors (Lipinski definition) is 1. The first kappa shape index (κ1) is 51.0. The van der Waals surface area contributed by atoms with Crippen LogP contribution in [-0.2, 0) is 13.6 Å². The van der Waals surface area contributed by atoms with Crippen molar-refractivity contribution in [1.29, 1.82) is 0 Å². The molecule has 0 aliphatic rings. The molecule has 1 atom stereocenters. The first-order valence-corrected chi connectivity index (χ1v) is 13.2. The first-order valence-electron chi connectivity index (χ1n) is 11.7. The van der Waals surface area contributed by atoms with E-state index in [4.69, 9.17) is 4.89 Å². The summed E-state index contributed by atoms with van der Waals surface area (Å²) in [4.78, 5) is 8.97. The summed E-state index contributed by atoms with van der Waals surface area (Å²) in [6.45, 7) is -5.91. The van der Waals surface area contributed by atoms with Crippen LogP contribution in [0.15, 0.2) is 0 Å². The molecule has 4 nitrogen and oxygen atoms in total. The maximum Gasteiger partial charge on any atom is 0.472 e. The lowest BCUT2D eigenvalue weighted by Gasteiger charge is -2.42. The van der Waals surface area contributed by atoms with E-state index in [0.717, 1.165) is 0 Å². The summed E-state index contributed by atoms with van der Waals surface area (Å²) in [5.74, 6) is -100. The summed E-state index contributed by atoms with van der Waals surface area (Å²) < 4.78 is 411. The molecule has 0 aliphatic heterocycles. The molecule has 0 spiro atoms. The second-order valence-corrected chi connectivity index (χ2v) is 11.2. The number of alkyl halides is 30. The molecule has 0 aromatic heterocycles. The molecule has 1 unspecified atom stereocenters. The smallest absolute Gasteiger partial charge is 0.302 e. The Labute approximate surface area is 268 Å². The number of hydrogen-bond acceptors (Lipinski definition) is 3. The highest BCUT2D eigenvalue weighted by molar-refractivity contribution is 7.47. The molecule has 0 aromatic carbocycles. The topological polar surface area (TPSA) is 55.8 Å². The van der Waals surface area contributed by atoms with Crippen molar-refractivity contribution in [2.75, 3.05) is 13.2 Å². The van der Waals surface area contributed by atoms with Gasteiger partial charge in [-0.1, -0.05) is 0 Å². The minimum absolute atomic E-state index is 2.91. The number of rotatable bonds is 18. The average molecular weight is 890 g/mol.